The van der Waals surface area contributed by atoms with Gasteiger partial charge in [0.15, 0.2) is 0 Å². The van der Waals surface area contributed by atoms with E-state index >= 15 is 0 Å². The van der Waals surface area contributed by atoms with Crippen LogP contribution in [0.5, 0.6) is 0 Å². The number of amides is 1. The molecule has 0 aromatic carbocycles. The number of hydrogen-bond donors (Lipinski definition) is 3. The minimum atomic E-state index is -1.17. The Morgan fingerprint density at radius 3 is 2.29 bits per heavy atom. The van der Waals surface area contributed by atoms with E-state index in [1.807, 2.05) is 0 Å². The number of carboxylic acid groups (broad SMARTS) is 1. The lowest BCUT2D eigenvalue weighted by Crippen LogP contribution is -2.44. The van der Waals surface area contributed by atoms with Crippen molar-refractivity contribution in [2.75, 3.05) is 6.61 Å². The van der Waals surface area contributed by atoms with Gasteiger partial charge in [0.1, 0.15) is 6.04 Å². The van der Waals surface area contributed by atoms with Gasteiger partial charge in [-0.2, -0.15) is 0 Å². The largest absolute Gasteiger partial charge is 0.480 e. The molecule has 5 unspecified atom stereocenters. The van der Waals surface area contributed by atoms with Crippen molar-refractivity contribution in [1.29, 1.82) is 0 Å². The Kier molecular flexibility index (Phi) is 2.40. The van der Waals surface area contributed by atoms with Gasteiger partial charge < -0.3 is 15.5 Å². The molecule has 5 heteroatoms. The molecule has 0 radical (unpaired) electrons. The molecule has 3 saturated carbocycles. The SMILES string of the molecule is O=C(O)C(CO)NC(=O)C1C2C3CCC(C3)C12. The van der Waals surface area contributed by atoms with Crippen molar-refractivity contribution in [2.45, 2.75) is 25.3 Å². The second-order valence-electron chi connectivity index (χ2n) is 5.60. The van der Waals surface area contributed by atoms with Gasteiger partial charge in [0.25, 0.3) is 0 Å². The van der Waals surface area contributed by atoms with E-state index in [1.54, 1.807) is 0 Å². The summed E-state index contributed by atoms with van der Waals surface area (Å²) in [5.41, 5.74) is 0. The molecule has 0 saturated heterocycles. The van der Waals surface area contributed by atoms with Crippen LogP contribution in [0.2, 0.25) is 0 Å². The molecule has 1 amide bonds. The van der Waals surface area contributed by atoms with Gasteiger partial charge in [0.05, 0.1) is 6.61 Å². The number of rotatable bonds is 4. The van der Waals surface area contributed by atoms with E-state index in [0.29, 0.717) is 23.7 Å². The predicted octanol–water partition coefficient (Wildman–Crippen LogP) is -0.160. The predicted molar refractivity (Wildman–Crippen MR) is 58.0 cm³/mol. The maximum Gasteiger partial charge on any atom is 0.328 e. The summed E-state index contributed by atoms with van der Waals surface area (Å²) in [7, 11) is 0. The van der Waals surface area contributed by atoms with Crippen LogP contribution in [0.4, 0.5) is 0 Å². The molecule has 5 nitrogen and oxygen atoms in total. The summed E-state index contributed by atoms with van der Waals surface area (Å²) < 4.78 is 0. The van der Waals surface area contributed by atoms with E-state index in [9.17, 15) is 9.59 Å². The van der Waals surface area contributed by atoms with Crippen LogP contribution in [-0.2, 0) is 9.59 Å². The average molecular weight is 239 g/mol. The molecule has 5 atom stereocenters. The van der Waals surface area contributed by atoms with E-state index < -0.39 is 18.6 Å². The van der Waals surface area contributed by atoms with Crippen molar-refractivity contribution < 1.29 is 19.8 Å². The summed E-state index contributed by atoms with van der Waals surface area (Å²) >= 11 is 0. The molecule has 0 aromatic heterocycles. The van der Waals surface area contributed by atoms with E-state index in [4.69, 9.17) is 10.2 Å². The molecule has 0 spiro atoms. The molecule has 3 aliphatic carbocycles. The Balaban J connectivity index is 1.60. The summed E-state index contributed by atoms with van der Waals surface area (Å²) in [6.45, 7) is -0.546. The molecule has 3 aliphatic rings. The van der Waals surface area contributed by atoms with Crippen LogP contribution < -0.4 is 5.32 Å². The van der Waals surface area contributed by atoms with Gasteiger partial charge in [-0.25, -0.2) is 4.79 Å². The van der Waals surface area contributed by atoms with Crippen LogP contribution in [-0.4, -0.2) is 34.7 Å². The number of aliphatic hydroxyl groups excluding tert-OH is 1. The van der Waals surface area contributed by atoms with Crippen molar-refractivity contribution in [3.05, 3.63) is 0 Å². The van der Waals surface area contributed by atoms with Gasteiger partial charge in [-0.1, -0.05) is 0 Å². The highest BCUT2D eigenvalue weighted by molar-refractivity contribution is 5.87. The van der Waals surface area contributed by atoms with Crippen LogP contribution in [0, 0.1) is 29.6 Å². The van der Waals surface area contributed by atoms with Crippen molar-refractivity contribution in [2.24, 2.45) is 29.6 Å². The van der Waals surface area contributed by atoms with Gasteiger partial charge in [-0.05, 0) is 42.9 Å². The van der Waals surface area contributed by atoms with Crippen molar-refractivity contribution in [3.8, 4) is 0 Å². The van der Waals surface area contributed by atoms with Crippen LogP contribution in [0.1, 0.15) is 19.3 Å². The highest BCUT2D eigenvalue weighted by Crippen LogP contribution is 2.69. The van der Waals surface area contributed by atoms with Gasteiger partial charge >= 0.3 is 5.97 Å². The van der Waals surface area contributed by atoms with Crippen LogP contribution in [0.25, 0.3) is 0 Å². The summed E-state index contributed by atoms with van der Waals surface area (Å²) in [5.74, 6) is 1.07. The summed E-state index contributed by atoms with van der Waals surface area (Å²) in [5, 5.41) is 20.1. The molecular formula is C12H17NO4. The lowest BCUT2D eigenvalue weighted by atomic mass is 10.0. The normalized spacial score (nSPS) is 43.0. The highest BCUT2D eigenvalue weighted by Gasteiger charge is 2.67. The first-order valence-electron chi connectivity index (χ1n) is 6.27. The molecule has 17 heavy (non-hydrogen) atoms. The number of aliphatic carboxylic acids is 1. The maximum absolute atomic E-state index is 11.9. The van der Waals surface area contributed by atoms with E-state index in [0.717, 1.165) is 0 Å². The van der Waals surface area contributed by atoms with Crippen molar-refractivity contribution in [3.63, 3.8) is 0 Å². The smallest absolute Gasteiger partial charge is 0.328 e. The highest BCUT2D eigenvalue weighted by atomic mass is 16.4. The number of hydrogen-bond acceptors (Lipinski definition) is 3. The summed E-state index contributed by atoms with van der Waals surface area (Å²) in [6, 6.07) is -1.15. The monoisotopic (exact) mass is 239 g/mol. The maximum atomic E-state index is 11.9. The van der Waals surface area contributed by atoms with E-state index in [-0.39, 0.29) is 11.8 Å². The van der Waals surface area contributed by atoms with Crippen LogP contribution >= 0.6 is 0 Å². The second-order valence-corrected chi connectivity index (χ2v) is 5.60. The molecule has 3 rings (SSSR count). The molecule has 2 bridgehead atoms. The van der Waals surface area contributed by atoms with Gasteiger partial charge in [-0.3, -0.25) is 4.79 Å². The van der Waals surface area contributed by atoms with Crippen LogP contribution in [0.15, 0.2) is 0 Å². The lowest BCUT2D eigenvalue weighted by Gasteiger charge is -2.13. The number of fused-ring (bicyclic) bond motifs is 5. The quantitative estimate of drug-likeness (QED) is 0.636. The lowest BCUT2D eigenvalue weighted by molar-refractivity contribution is -0.143. The molecule has 3 fully saturated rings. The Morgan fingerprint density at radius 2 is 1.82 bits per heavy atom. The molecule has 0 aromatic rings. The topological polar surface area (TPSA) is 86.6 Å². The number of carbonyl (C=O) groups excluding carboxylic acids is 1. The molecular weight excluding hydrogens is 222 g/mol. The molecule has 3 N–H and O–H groups in total. The van der Waals surface area contributed by atoms with Crippen molar-refractivity contribution in [1.82, 2.24) is 5.32 Å². The zero-order valence-electron chi connectivity index (χ0n) is 9.50. The first kappa shape index (κ1) is 11.0. The zero-order valence-corrected chi connectivity index (χ0v) is 9.50. The number of aliphatic hydroxyl groups is 1. The standard InChI is InChI=1S/C12H17NO4/c14-4-7(12(16)17)13-11(15)10-8-5-1-2-6(3-5)9(8)10/h5-10,14H,1-4H2,(H,13,15)(H,16,17). The Hall–Kier alpha value is -1.10. The van der Waals surface area contributed by atoms with E-state index in [1.165, 1.54) is 19.3 Å². The average Bonchev–Trinajstić information content (AvgIpc) is 2.75. The van der Waals surface area contributed by atoms with Gasteiger partial charge in [0.2, 0.25) is 5.91 Å². The van der Waals surface area contributed by atoms with Gasteiger partial charge in [0, 0.05) is 5.92 Å². The Labute approximate surface area is 99.2 Å². The minimum Gasteiger partial charge on any atom is -0.480 e. The first-order chi connectivity index (χ1) is 8.13. The number of carboxylic acids is 1. The first-order valence-corrected chi connectivity index (χ1v) is 6.27. The second kappa shape index (κ2) is 3.70. The Bertz CT molecular complexity index is 354. The fraction of sp³-hybridized carbons (Fsp3) is 0.833. The third kappa shape index (κ3) is 1.56. The minimum absolute atomic E-state index is 0.0228. The summed E-state index contributed by atoms with van der Waals surface area (Å²) in [6.07, 6.45) is 3.73. The fourth-order valence-electron chi connectivity index (χ4n) is 4.13. The third-order valence-corrected chi connectivity index (χ3v) is 4.84. The third-order valence-electron chi connectivity index (χ3n) is 4.84. The van der Waals surface area contributed by atoms with E-state index in [2.05, 4.69) is 5.32 Å². The number of nitrogens with one attached hydrogen (secondary N) is 1. The summed E-state index contributed by atoms with van der Waals surface area (Å²) in [4.78, 5) is 22.6. The molecule has 0 aliphatic heterocycles. The number of carbonyl (C=O) groups is 2. The molecule has 0 heterocycles. The fourth-order valence-corrected chi connectivity index (χ4v) is 4.13. The van der Waals surface area contributed by atoms with Gasteiger partial charge in [-0.15, -0.1) is 0 Å². The van der Waals surface area contributed by atoms with Crippen molar-refractivity contribution >= 4 is 11.9 Å². The zero-order chi connectivity index (χ0) is 12.2. The Morgan fingerprint density at radius 1 is 1.24 bits per heavy atom. The molecule has 94 valence electrons. The van der Waals surface area contributed by atoms with Crippen LogP contribution in [0.3, 0.4) is 0 Å².